The number of hydrogen-bond acceptors (Lipinski definition) is 9. The third-order valence-corrected chi connectivity index (χ3v) is 8.01. The van der Waals surface area contributed by atoms with Crippen LogP contribution < -0.4 is 10.6 Å². The molecule has 4 rings (SSSR count). The average molecular weight is 594 g/mol. The molecule has 1 aliphatic heterocycles. The van der Waals surface area contributed by atoms with Gasteiger partial charge >= 0.3 is 5.97 Å². The van der Waals surface area contributed by atoms with E-state index in [2.05, 4.69) is 15.6 Å². The summed E-state index contributed by atoms with van der Waals surface area (Å²) in [6.45, 7) is 6.87. The van der Waals surface area contributed by atoms with Gasteiger partial charge in [-0.2, -0.15) is 8.42 Å². The van der Waals surface area contributed by atoms with Crippen LogP contribution >= 0.6 is 11.6 Å². The molecule has 2 aliphatic rings. The van der Waals surface area contributed by atoms with Gasteiger partial charge in [0.1, 0.15) is 17.5 Å². The number of anilines is 2. The molecule has 2 N–H and O–H groups in total. The van der Waals surface area contributed by atoms with Crippen LogP contribution in [0, 0.1) is 5.92 Å². The van der Waals surface area contributed by atoms with Gasteiger partial charge in [-0.05, 0) is 89.0 Å². The molecular weight excluding hydrogens is 554 g/mol. The summed E-state index contributed by atoms with van der Waals surface area (Å²) in [5.41, 5.74) is 1.92. The van der Waals surface area contributed by atoms with Crippen molar-refractivity contribution in [2.75, 3.05) is 30.1 Å². The van der Waals surface area contributed by atoms with Gasteiger partial charge in [-0.25, -0.2) is 9.78 Å². The Labute approximate surface area is 242 Å². The highest BCUT2D eigenvalue weighted by Gasteiger charge is 2.33. The zero-order chi connectivity index (χ0) is 28.9. The Kier molecular flexibility index (Phi) is 9.98. The van der Waals surface area contributed by atoms with Crippen LogP contribution in [0.1, 0.15) is 59.3 Å². The molecule has 1 unspecified atom stereocenters. The zero-order valence-corrected chi connectivity index (χ0v) is 25.2. The van der Waals surface area contributed by atoms with E-state index in [9.17, 15) is 13.2 Å². The number of nitrogens with one attached hydrogen (secondary N) is 2. The number of esters is 1. The molecule has 9 nitrogen and oxygen atoms in total. The minimum atomic E-state index is -3.46. The minimum absolute atomic E-state index is 0.102. The molecule has 2 aromatic rings. The minimum Gasteiger partial charge on any atom is -0.458 e. The fourth-order valence-corrected chi connectivity index (χ4v) is 6.14. The van der Waals surface area contributed by atoms with E-state index in [4.69, 9.17) is 25.3 Å². The number of pyridine rings is 1. The van der Waals surface area contributed by atoms with E-state index in [-0.39, 0.29) is 24.0 Å². The molecule has 40 heavy (non-hydrogen) atoms. The van der Waals surface area contributed by atoms with Gasteiger partial charge in [-0.3, -0.25) is 4.18 Å². The summed E-state index contributed by atoms with van der Waals surface area (Å²) >= 11 is 6.58. The molecule has 0 radical (unpaired) electrons. The molecule has 220 valence electrons. The van der Waals surface area contributed by atoms with Crippen molar-refractivity contribution in [2.24, 2.45) is 5.92 Å². The molecule has 1 saturated heterocycles. The van der Waals surface area contributed by atoms with Crippen molar-refractivity contribution in [3.63, 3.8) is 0 Å². The monoisotopic (exact) mass is 593 g/mol. The molecule has 2 fully saturated rings. The van der Waals surface area contributed by atoms with Gasteiger partial charge in [0.05, 0.1) is 17.4 Å². The number of rotatable bonds is 9. The highest BCUT2D eigenvalue weighted by Crippen LogP contribution is 2.33. The first kappa shape index (κ1) is 30.6. The van der Waals surface area contributed by atoms with Crippen molar-refractivity contribution >= 4 is 39.2 Å². The largest absolute Gasteiger partial charge is 0.458 e. The number of nitrogens with zero attached hydrogens (tertiary/aromatic N) is 1. The second kappa shape index (κ2) is 13.1. The first-order valence-electron chi connectivity index (χ1n) is 13.8. The second-order valence-electron chi connectivity index (χ2n) is 11.7. The van der Waals surface area contributed by atoms with Crippen molar-refractivity contribution in [2.45, 2.75) is 83.1 Å². The average Bonchev–Trinajstić information content (AvgIpc) is 2.88. The maximum Gasteiger partial charge on any atom is 0.329 e. The van der Waals surface area contributed by atoms with Gasteiger partial charge in [0.15, 0.2) is 0 Å². The number of benzene rings is 1. The number of aromatic nitrogens is 1. The maximum absolute atomic E-state index is 13.2. The molecular formula is C29H40ClN3O6S. The van der Waals surface area contributed by atoms with Crippen LogP contribution in [0.25, 0.3) is 11.1 Å². The molecule has 1 aromatic carbocycles. The van der Waals surface area contributed by atoms with E-state index in [1.54, 1.807) is 6.20 Å². The summed E-state index contributed by atoms with van der Waals surface area (Å²) in [5, 5.41) is 7.42. The second-order valence-corrected chi connectivity index (χ2v) is 13.7. The highest BCUT2D eigenvalue weighted by atomic mass is 35.5. The van der Waals surface area contributed by atoms with Crippen molar-refractivity contribution in [1.82, 2.24) is 4.98 Å². The first-order valence-corrected chi connectivity index (χ1v) is 16.0. The number of carbonyl (C=O) groups is 1. The molecule has 1 saturated carbocycles. The molecule has 1 aromatic heterocycles. The van der Waals surface area contributed by atoms with Crippen molar-refractivity contribution < 1.29 is 26.9 Å². The lowest BCUT2D eigenvalue weighted by Crippen LogP contribution is -2.43. The SMILES string of the molecule is CC(C)(C)OC(=O)C(Nc1cccc(-c2cc(NC3CCC(OS(C)(=O)=O)CC3)ncc2Cl)c1)C1CCOCC1. The summed E-state index contributed by atoms with van der Waals surface area (Å²) in [6, 6.07) is 9.40. The lowest BCUT2D eigenvalue weighted by Gasteiger charge is -2.32. The number of hydrogen-bond donors (Lipinski definition) is 2. The third kappa shape index (κ3) is 9.06. The van der Waals surface area contributed by atoms with E-state index < -0.39 is 21.8 Å². The van der Waals surface area contributed by atoms with Crippen LogP contribution in [0.2, 0.25) is 5.02 Å². The van der Waals surface area contributed by atoms with E-state index in [1.165, 1.54) is 0 Å². The van der Waals surface area contributed by atoms with Crippen LogP contribution in [-0.2, 0) is 28.6 Å². The topological polar surface area (TPSA) is 116 Å². The summed E-state index contributed by atoms with van der Waals surface area (Å²) in [6.07, 6.45) is 6.87. The smallest absolute Gasteiger partial charge is 0.329 e. The molecule has 1 atom stereocenters. The van der Waals surface area contributed by atoms with Crippen molar-refractivity contribution in [3.8, 4) is 11.1 Å². The molecule has 0 amide bonds. The maximum atomic E-state index is 13.2. The fourth-order valence-electron chi connectivity index (χ4n) is 5.24. The number of halogens is 1. The first-order chi connectivity index (χ1) is 18.9. The van der Waals surface area contributed by atoms with Gasteiger partial charge in [0.2, 0.25) is 0 Å². The van der Waals surface area contributed by atoms with Gasteiger partial charge in [0.25, 0.3) is 10.1 Å². The summed E-state index contributed by atoms with van der Waals surface area (Å²) < 4.78 is 39.3. The number of carbonyl (C=O) groups excluding carboxylic acids is 1. The molecule has 2 heterocycles. The lowest BCUT2D eigenvalue weighted by molar-refractivity contribution is -0.157. The summed E-state index contributed by atoms with van der Waals surface area (Å²) in [7, 11) is -3.46. The Morgan fingerprint density at radius 3 is 2.45 bits per heavy atom. The Morgan fingerprint density at radius 1 is 1.10 bits per heavy atom. The Morgan fingerprint density at radius 2 is 1.80 bits per heavy atom. The summed E-state index contributed by atoms with van der Waals surface area (Å²) in [4.78, 5) is 17.7. The van der Waals surface area contributed by atoms with Gasteiger partial charge in [-0.15, -0.1) is 0 Å². The molecule has 0 spiro atoms. The summed E-state index contributed by atoms with van der Waals surface area (Å²) in [5.74, 6) is 0.527. The van der Waals surface area contributed by atoms with Crippen LogP contribution in [0.4, 0.5) is 11.5 Å². The predicted octanol–water partition coefficient (Wildman–Crippen LogP) is 5.65. The highest BCUT2D eigenvalue weighted by molar-refractivity contribution is 7.86. The predicted molar refractivity (Wildman–Crippen MR) is 157 cm³/mol. The van der Waals surface area contributed by atoms with Crippen LogP contribution in [-0.4, -0.2) is 62.6 Å². The normalized spacial score (nSPS) is 21.4. The molecule has 11 heteroatoms. The quantitative estimate of drug-likeness (QED) is 0.281. The van der Waals surface area contributed by atoms with E-state index in [1.807, 2.05) is 51.1 Å². The van der Waals surface area contributed by atoms with E-state index in [0.717, 1.165) is 48.8 Å². The van der Waals surface area contributed by atoms with Crippen LogP contribution in [0.15, 0.2) is 36.5 Å². The standard InChI is InChI=1S/C29H40ClN3O6S/c1-29(2,3)38-28(34)27(19-12-14-37-15-13-19)33-22-7-5-6-20(16-22)24-17-26(31-18-25(24)30)32-21-8-10-23(11-9-21)39-40(4,35)36/h5-7,16-19,21,23,27,33H,8-15H2,1-4H3,(H,31,32). The van der Waals surface area contributed by atoms with Gasteiger partial charge in [-0.1, -0.05) is 23.7 Å². The zero-order valence-electron chi connectivity index (χ0n) is 23.6. The Balaban J connectivity index is 1.48. The van der Waals surface area contributed by atoms with E-state index in [0.29, 0.717) is 36.9 Å². The molecule has 1 aliphatic carbocycles. The van der Waals surface area contributed by atoms with Gasteiger partial charge in [0, 0.05) is 36.7 Å². The Bertz CT molecular complexity index is 1270. The fraction of sp³-hybridized carbons (Fsp3) is 0.586. The van der Waals surface area contributed by atoms with Crippen molar-refractivity contribution in [1.29, 1.82) is 0 Å². The lowest BCUT2D eigenvalue weighted by atomic mass is 9.91. The number of ether oxygens (including phenoxy) is 2. The van der Waals surface area contributed by atoms with Gasteiger partial charge < -0.3 is 20.1 Å². The Hall–Kier alpha value is -2.40. The van der Waals surface area contributed by atoms with Crippen molar-refractivity contribution in [3.05, 3.63) is 41.6 Å². The van der Waals surface area contributed by atoms with Crippen LogP contribution in [0.5, 0.6) is 0 Å². The molecule has 0 bridgehead atoms. The van der Waals surface area contributed by atoms with Crippen LogP contribution in [0.3, 0.4) is 0 Å². The third-order valence-electron chi connectivity index (χ3n) is 7.09. The van der Waals surface area contributed by atoms with E-state index >= 15 is 0 Å².